The van der Waals surface area contributed by atoms with Crippen LogP contribution in [0.4, 0.5) is 5.69 Å². The van der Waals surface area contributed by atoms with Gasteiger partial charge in [-0.25, -0.2) is 0 Å². The van der Waals surface area contributed by atoms with Crippen LogP contribution in [0.15, 0.2) is 18.2 Å². The highest BCUT2D eigenvalue weighted by Gasteiger charge is 1.94. The summed E-state index contributed by atoms with van der Waals surface area (Å²) in [6.45, 7) is 1.90. The first-order valence-electron chi connectivity index (χ1n) is 2.72. The standard InChI is InChI=1S/C7H8ClN.H3N/c1-5-6(8)3-2-4-7(5)9;/h2-4H,9H2,1H3;1H3. The second-order valence-corrected chi connectivity index (χ2v) is 2.36. The number of nitrogen functional groups attached to an aromatic ring is 1. The average Bonchev–Trinajstić information content (AvgIpc) is 1.83. The summed E-state index contributed by atoms with van der Waals surface area (Å²) in [5, 5.41) is 0.731. The van der Waals surface area contributed by atoms with E-state index in [1.165, 1.54) is 0 Å². The van der Waals surface area contributed by atoms with Gasteiger partial charge < -0.3 is 11.9 Å². The Morgan fingerprint density at radius 3 is 2.40 bits per heavy atom. The van der Waals surface area contributed by atoms with Gasteiger partial charge in [-0.15, -0.1) is 0 Å². The van der Waals surface area contributed by atoms with Gasteiger partial charge >= 0.3 is 0 Å². The van der Waals surface area contributed by atoms with Crippen molar-refractivity contribution in [3.63, 3.8) is 0 Å². The van der Waals surface area contributed by atoms with E-state index in [0.717, 1.165) is 16.3 Å². The lowest BCUT2D eigenvalue weighted by Crippen LogP contribution is -1.87. The summed E-state index contributed by atoms with van der Waals surface area (Å²) < 4.78 is 0. The number of rotatable bonds is 0. The van der Waals surface area contributed by atoms with Crippen LogP contribution < -0.4 is 11.9 Å². The first-order valence-corrected chi connectivity index (χ1v) is 3.10. The summed E-state index contributed by atoms with van der Waals surface area (Å²) >= 11 is 5.73. The van der Waals surface area contributed by atoms with E-state index < -0.39 is 0 Å². The molecule has 2 nitrogen and oxygen atoms in total. The Balaban J connectivity index is 0.000000810. The van der Waals surface area contributed by atoms with E-state index in [0.29, 0.717) is 0 Å². The van der Waals surface area contributed by atoms with Gasteiger partial charge in [0.25, 0.3) is 0 Å². The van der Waals surface area contributed by atoms with Gasteiger partial charge in [0.15, 0.2) is 0 Å². The van der Waals surface area contributed by atoms with E-state index in [2.05, 4.69) is 0 Å². The summed E-state index contributed by atoms with van der Waals surface area (Å²) in [7, 11) is 0. The highest BCUT2D eigenvalue weighted by atomic mass is 35.5. The predicted octanol–water partition coefficient (Wildman–Crippen LogP) is 2.39. The SMILES string of the molecule is Cc1c(N)cccc1Cl.N. The smallest absolute Gasteiger partial charge is 0.0455 e. The summed E-state index contributed by atoms with van der Waals surface area (Å²) in [6.07, 6.45) is 0. The van der Waals surface area contributed by atoms with Gasteiger partial charge in [0.05, 0.1) is 0 Å². The molecule has 1 aromatic carbocycles. The van der Waals surface area contributed by atoms with Gasteiger partial charge in [-0.2, -0.15) is 0 Å². The quantitative estimate of drug-likeness (QED) is 0.570. The van der Waals surface area contributed by atoms with Gasteiger partial charge in [-0.3, -0.25) is 0 Å². The predicted molar refractivity (Wildman–Crippen MR) is 45.6 cm³/mol. The Labute approximate surface area is 65.6 Å². The molecule has 0 aromatic heterocycles. The molecule has 0 saturated carbocycles. The van der Waals surface area contributed by atoms with Crippen LogP contribution in [0.1, 0.15) is 5.56 Å². The highest BCUT2D eigenvalue weighted by molar-refractivity contribution is 6.31. The maximum atomic E-state index is 5.73. The number of halogens is 1. The topological polar surface area (TPSA) is 61.0 Å². The van der Waals surface area contributed by atoms with Gasteiger partial charge in [0.2, 0.25) is 0 Å². The van der Waals surface area contributed by atoms with Gasteiger partial charge in [-0.1, -0.05) is 17.7 Å². The van der Waals surface area contributed by atoms with Gasteiger partial charge in [-0.05, 0) is 24.6 Å². The molecule has 3 heteroatoms. The number of hydrogen-bond acceptors (Lipinski definition) is 2. The molecule has 0 aliphatic heterocycles. The monoisotopic (exact) mass is 158 g/mol. The molecule has 10 heavy (non-hydrogen) atoms. The first kappa shape index (κ1) is 9.27. The third kappa shape index (κ3) is 1.62. The zero-order valence-electron chi connectivity index (χ0n) is 5.89. The van der Waals surface area contributed by atoms with E-state index >= 15 is 0 Å². The minimum atomic E-state index is 0. The maximum Gasteiger partial charge on any atom is 0.0455 e. The van der Waals surface area contributed by atoms with E-state index in [4.69, 9.17) is 17.3 Å². The molecule has 0 heterocycles. The number of nitrogens with two attached hydrogens (primary N) is 1. The third-order valence-electron chi connectivity index (χ3n) is 1.31. The zero-order chi connectivity index (χ0) is 6.85. The largest absolute Gasteiger partial charge is 0.398 e. The van der Waals surface area contributed by atoms with E-state index in [1.807, 2.05) is 25.1 Å². The molecule has 0 fully saturated rings. The van der Waals surface area contributed by atoms with Crippen LogP contribution in [-0.4, -0.2) is 0 Å². The Morgan fingerprint density at radius 2 is 2.00 bits per heavy atom. The lowest BCUT2D eigenvalue weighted by atomic mass is 10.2. The molecule has 0 aliphatic carbocycles. The molecule has 0 bridgehead atoms. The average molecular weight is 159 g/mol. The van der Waals surface area contributed by atoms with Crippen LogP contribution >= 0.6 is 11.6 Å². The Hall–Kier alpha value is -0.730. The fourth-order valence-electron chi connectivity index (χ4n) is 0.624. The third-order valence-corrected chi connectivity index (χ3v) is 1.72. The second kappa shape index (κ2) is 3.44. The van der Waals surface area contributed by atoms with Crippen molar-refractivity contribution in [3.8, 4) is 0 Å². The molecule has 0 aliphatic rings. The minimum Gasteiger partial charge on any atom is -0.398 e. The Bertz CT molecular complexity index is 203. The molecule has 5 N–H and O–H groups in total. The van der Waals surface area contributed by atoms with Crippen molar-refractivity contribution < 1.29 is 0 Å². The summed E-state index contributed by atoms with van der Waals surface area (Å²) in [5.74, 6) is 0. The molecular weight excluding hydrogens is 148 g/mol. The molecule has 56 valence electrons. The maximum absolute atomic E-state index is 5.73. The van der Waals surface area contributed by atoms with E-state index in [1.54, 1.807) is 0 Å². The molecule has 1 rings (SSSR count). The van der Waals surface area contributed by atoms with Crippen molar-refractivity contribution in [1.82, 2.24) is 6.15 Å². The van der Waals surface area contributed by atoms with Crippen molar-refractivity contribution in [1.29, 1.82) is 0 Å². The normalized spacial score (nSPS) is 8.60. The van der Waals surface area contributed by atoms with Gasteiger partial charge in [0, 0.05) is 10.7 Å². The van der Waals surface area contributed by atoms with Crippen LogP contribution in [0, 0.1) is 6.92 Å². The molecule has 0 unspecified atom stereocenters. The summed E-state index contributed by atoms with van der Waals surface area (Å²) in [4.78, 5) is 0. The molecule has 0 amide bonds. The van der Waals surface area contributed by atoms with E-state index in [9.17, 15) is 0 Å². The number of hydrogen-bond donors (Lipinski definition) is 2. The van der Waals surface area contributed by atoms with Crippen LogP contribution in [0.25, 0.3) is 0 Å². The van der Waals surface area contributed by atoms with Crippen LogP contribution in [-0.2, 0) is 0 Å². The highest BCUT2D eigenvalue weighted by Crippen LogP contribution is 2.19. The van der Waals surface area contributed by atoms with Crippen LogP contribution in [0.5, 0.6) is 0 Å². The fraction of sp³-hybridized carbons (Fsp3) is 0.143. The van der Waals surface area contributed by atoms with Crippen LogP contribution in [0.3, 0.4) is 0 Å². The van der Waals surface area contributed by atoms with Crippen molar-refractivity contribution >= 4 is 17.3 Å². The number of benzene rings is 1. The summed E-state index contributed by atoms with van der Waals surface area (Å²) in [5.41, 5.74) is 7.25. The van der Waals surface area contributed by atoms with E-state index in [-0.39, 0.29) is 6.15 Å². The van der Waals surface area contributed by atoms with Crippen molar-refractivity contribution in [2.24, 2.45) is 0 Å². The van der Waals surface area contributed by atoms with Crippen LogP contribution in [0.2, 0.25) is 5.02 Å². The summed E-state index contributed by atoms with van der Waals surface area (Å²) in [6, 6.07) is 5.50. The molecule has 0 atom stereocenters. The minimum absolute atomic E-state index is 0. The lowest BCUT2D eigenvalue weighted by Gasteiger charge is -1.98. The lowest BCUT2D eigenvalue weighted by molar-refractivity contribution is 1.47. The number of anilines is 1. The molecular formula is C7H11ClN2. The zero-order valence-corrected chi connectivity index (χ0v) is 6.65. The van der Waals surface area contributed by atoms with Gasteiger partial charge in [0.1, 0.15) is 0 Å². The molecule has 0 spiro atoms. The fourth-order valence-corrected chi connectivity index (χ4v) is 0.806. The molecule has 0 radical (unpaired) electrons. The molecule has 1 aromatic rings. The Kier molecular flexibility index (Phi) is 3.19. The first-order chi connectivity index (χ1) is 4.22. The van der Waals surface area contributed by atoms with Crippen molar-refractivity contribution in [3.05, 3.63) is 28.8 Å². The van der Waals surface area contributed by atoms with Crippen molar-refractivity contribution in [2.45, 2.75) is 6.92 Å². The van der Waals surface area contributed by atoms with Crippen molar-refractivity contribution in [2.75, 3.05) is 5.73 Å². The second-order valence-electron chi connectivity index (χ2n) is 1.95. The molecule has 0 saturated heterocycles. The Morgan fingerprint density at radius 1 is 1.40 bits per heavy atom.